The third-order valence-corrected chi connectivity index (χ3v) is 1.72. The molecule has 0 atom stereocenters. The average molecular weight is 196 g/mol. The Morgan fingerprint density at radius 2 is 2.08 bits per heavy atom. The summed E-state index contributed by atoms with van der Waals surface area (Å²) in [6, 6.07) is 10.0. The molecule has 1 aromatic carbocycles. The molecular formula is C9H12N2OS. The molecule has 0 heterocycles. The van der Waals surface area contributed by atoms with Gasteiger partial charge in [-0.15, -0.1) is 0 Å². The Morgan fingerprint density at radius 1 is 1.38 bits per heavy atom. The minimum absolute atomic E-state index is 0.492. The second-order valence-corrected chi connectivity index (χ2v) is 2.88. The molecule has 13 heavy (non-hydrogen) atoms. The predicted octanol–water partition coefficient (Wildman–Crippen LogP) is 1.21. The van der Waals surface area contributed by atoms with Crippen LogP contribution in [0.1, 0.15) is 5.56 Å². The van der Waals surface area contributed by atoms with E-state index in [0.717, 1.165) is 0 Å². The van der Waals surface area contributed by atoms with Crippen molar-refractivity contribution in [2.24, 2.45) is 0 Å². The SMILES string of the molecule is CONC(=S)NCc1ccccc1. The van der Waals surface area contributed by atoms with Gasteiger partial charge in [0.25, 0.3) is 0 Å². The highest BCUT2D eigenvalue weighted by Crippen LogP contribution is 1.96. The maximum absolute atomic E-state index is 4.91. The average Bonchev–Trinajstić information content (AvgIpc) is 2.17. The molecule has 1 rings (SSSR count). The Kier molecular flexibility index (Phi) is 4.21. The first-order chi connectivity index (χ1) is 6.33. The topological polar surface area (TPSA) is 33.3 Å². The third-order valence-electron chi connectivity index (χ3n) is 1.49. The van der Waals surface area contributed by atoms with Gasteiger partial charge >= 0.3 is 0 Å². The van der Waals surface area contributed by atoms with E-state index in [4.69, 9.17) is 12.2 Å². The number of nitrogens with one attached hydrogen (secondary N) is 2. The van der Waals surface area contributed by atoms with Crippen LogP contribution >= 0.6 is 12.2 Å². The minimum Gasteiger partial charge on any atom is -0.357 e. The van der Waals surface area contributed by atoms with Crippen LogP contribution in [0.5, 0.6) is 0 Å². The minimum atomic E-state index is 0.492. The van der Waals surface area contributed by atoms with Crippen LogP contribution in [0.15, 0.2) is 30.3 Å². The van der Waals surface area contributed by atoms with Crippen molar-refractivity contribution in [3.8, 4) is 0 Å². The molecule has 0 aromatic heterocycles. The van der Waals surface area contributed by atoms with E-state index in [-0.39, 0.29) is 0 Å². The van der Waals surface area contributed by atoms with Gasteiger partial charge in [-0.25, -0.2) is 5.48 Å². The van der Waals surface area contributed by atoms with E-state index in [1.54, 1.807) is 0 Å². The first-order valence-electron chi connectivity index (χ1n) is 3.93. The van der Waals surface area contributed by atoms with Crippen molar-refractivity contribution >= 4 is 17.3 Å². The highest BCUT2D eigenvalue weighted by atomic mass is 32.1. The summed E-state index contributed by atoms with van der Waals surface area (Å²) in [5.41, 5.74) is 3.72. The first kappa shape index (κ1) is 9.95. The van der Waals surface area contributed by atoms with Crippen molar-refractivity contribution < 1.29 is 4.84 Å². The number of hydrogen-bond donors (Lipinski definition) is 2. The van der Waals surface area contributed by atoms with Gasteiger partial charge < -0.3 is 5.32 Å². The van der Waals surface area contributed by atoms with Gasteiger partial charge in [0.1, 0.15) is 0 Å². The molecule has 0 fully saturated rings. The number of thiocarbonyl (C=S) groups is 1. The van der Waals surface area contributed by atoms with Crippen LogP contribution in [0.3, 0.4) is 0 Å². The lowest BCUT2D eigenvalue weighted by Gasteiger charge is -2.07. The monoisotopic (exact) mass is 196 g/mol. The summed E-state index contributed by atoms with van der Waals surface area (Å²) in [5, 5.41) is 3.49. The number of benzene rings is 1. The van der Waals surface area contributed by atoms with Crippen LogP contribution in [0.2, 0.25) is 0 Å². The molecule has 0 aliphatic rings. The largest absolute Gasteiger partial charge is 0.357 e. The molecule has 1 aromatic rings. The smallest absolute Gasteiger partial charge is 0.190 e. The molecule has 0 aliphatic heterocycles. The Hall–Kier alpha value is -1.13. The fourth-order valence-corrected chi connectivity index (χ4v) is 1.06. The molecule has 0 saturated carbocycles. The van der Waals surface area contributed by atoms with Crippen molar-refractivity contribution in [3.05, 3.63) is 35.9 Å². The molecule has 0 radical (unpaired) electrons. The predicted molar refractivity (Wildman–Crippen MR) is 56.0 cm³/mol. The summed E-state index contributed by atoms with van der Waals surface area (Å²) in [5.74, 6) is 0. The molecule has 4 heteroatoms. The van der Waals surface area contributed by atoms with E-state index >= 15 is 0 Å². The zero-order chi connectivity index (χ0) is 9.52. The molecule has 2 N–H and O–H groups in total. The fourth-order valence-electron chi connectivity index (χ4n) is 0.907. The zero-order valence-electron chi connectivity index (χ0n) is 7.41. The van der Waals surface area contributed by atoms with Crippen molar-refractivity contribution in [1.82, 2.24) is 10.8 Å². The molecule has 0 saturated heterocycles. The van der Waals surface area contributed by atoms with E-state index in [1.807, 2.05) is 30.3 Å². The summed E-state index contributed by atoms with van der Waals surface area (Å²) >= 11 is 4.91. The fraction of sp³-hybridized carbons (Fsp3) is 0.222. The lowest BCUT2D eigenvalue weighted by molar-refractivity contribution is 0.143. The number of hydrogen-bond acceptors (Lipinski definition) is 2. The summed E-state index contributed by atoms with van der Waals surface area (Å²) in [4.78, 5) is 4.64. The van der Waals surface area contributed by atoms with Gasteiger partial charge in [-0.1, -0.05) is 30.3 Å². The second kappa shape index (κ2) is 5.50. The van der Waals surface area contributed by atoms with Gasteiger partial charge in [0.05, 0.1) is 7.11 Å². The van der Waals surface area contributed by atoms with Gasteiger partial charge in [-0.2, -0.15) is 0 Å². The van der Waals surface area contributed by atoms with E-state index in [1.165, 1.54) is 12.7 Å². The van der Waals surface area contributed by atoms with Crippen molar-refractivity contribution in [2.75, 3.05) is 7.11 Å². The second-order valence-electron chi connectivity index (χ2n) is 2.47. The molecule has 0 amide bonds. The van der Waals surface area contributed by atoms with Crippen LogP contribution in [-0.2, 0) is 11.4 Å². The molecule has 70 valence electrons. The summed E-state index contributed by atoms with van der Waals surface area (Å²) < 4.78 is 0. The molecule has 0 spiro atoms. The third kappa shape index (κ3) is 3.87. The number of hydroxylamine groups is 1. The Balaban J connectivity index is 2.31. The standard InChI is InChI=1S/C9H12N2OS/c1-12-11-9(13)10-7-8-5-3-2-4-6-8/h2-6H,7H2,1H3,(H2,10,11,13). The van der Waals surface area contributed by atoms with E-state index in [0.29, 0.717) is 11.7 Å². The van der Waals surface area contributed by atoms with Crippen LogP contribution in [-0.4, -0.2) is 12.2 Å². The van der Waals surface area contributed by atoms with Gasteiger partial charge in [0.15, 0.2) is 5.11 Å². The van der Waals surface area contributed by atoms with Gasteiger partial charge in [0.2, 0.25) is 0 Å². The van der Waals surface area contributed by atoms with Crippen LogP contribution in [0.4, 0.5) is 0 Å². The van der Waals surface area contributed by atoms with Crippen LogP contribution in [0.25, 0.3) is 0 Å². The Labute approximate surface area is 83.1 Å². The number of rotatable bonds is 3. The summed E-state index contributed by atoms with van der Waals surface area (Å²) in [6.45, 7) is 0.704. The molecular weight excluding hydrogens is 184 g/mol. The van der Waals surface area contributed by atoms with E-state index < -0.39 is 0 Å². The maximum atomic E-state index is 4.91. The van der Waals surface area contributed by atoms with E-state index in [9.17, 15) is 0 Å². The lowest BCUT2D eigenvalue weighted by Crippen LogP contribution is -2.33. The lowest BCUT2D eigenvalue weighted by atomic mass is 10.2. The Bertz CT molecular complexity index is 264. The van der Waals surface area contributed by atoms with Crippen molar-refractivity contribution in [3.63, 3.8) is 0 Å². The normalized spacial score (nSPS) is 9.31. The van der Waals surface area contributed by atoms with Gasteiger partial charge in [-0.3, -0.25) is 4.84 Å². The van der Waals surface area contributed by atoms with Gasteiger partial charge in [0, 0.05) is 6.54 Å². The zero-order valence-corrected chi connectivity index (χ0v) is 8.23. The molecule has 0 bridgehead atoms. The Morgan fingerprint density at radius 3 is 2.69 bits per heavy atom. The highest BCUT2D eigenvalue weighted by molar-refractivity contribution is 7.80. The summed E-state index contributed by atoms with van der Waals surface area (Å²) in [7, 11) is 1.52. The van der Waals surface area contributed by atoms with Crippen LogP contribution in [0, 0.1) is 0 Å². The molecule has 0 unspecified atom stereocenters. The summed E-state index contributed by atoms with van der Waals surface area (Å²) in [6.07, 6.45) is 0. The van der Waals surface area contributed by atoms with Crippen molar-refractivity contribution in [2.45, 2.75) is 6.54 Å². The molecule has 0 aliphatic carbocycles. The quantitative estimate of drug-likeness (QED) is 0.562. The van der Waals surface area contributed by atoms with Gasteiger partial charge in [-0.05, 0) is 17.8 Å². The van der Waals surface area contributed by atoms with Crippen molar-refractivity contribution in [1.29, 1.82) is 0 Å². The van der Waals surface area contributed by atoms with E-state index in [2.05, 4.69) is 15.6 Å². The van der Waals surface area contributed by atoms with Crippen LogP contribution < -0.4 is 10.8 Å². The highest BCUT2D eigenvalue weighted by Gasteiger charge is 1.93. The first-order valence-corrected chi connectivity index (χ1v) is 4.34. The maximum Gasteiger partial charge on any atom is 0.190 e. The molecule has 3 nitrogen and oxygen atoms in total.